The zero-order valence-electron chi connectivity index (χ0n) is 16.4. The number of amides is 2. The summed E-state index contributed by atoms with van der Waals surface area (Å²) in [6, 6.07) is 9.42. The molecule has 1 heterocycles. The first-order valence-electron chi connectivity index (χ1n) is 9.14. The van der Waals surface area contributed by atoms with Crippen molar-refractivity contribution in [3.8, 4) is 5.75 Å². The molecule has 0 fully saturated rings. The molecule has 2 aromatic carbocycles. The molecule has 1 unspecified atom stereocenters. The molecule has 0 aliphatic carbocycles. The second kappa shape index (κ2) is 9.28. The highest BCUT2D eigenvalue weighted by Crippen LogP contribution is 2.34. The molecule has 2 N–H and O–H groups in total. The number of methoxy groups -OCH3 is 1. The lowest BCUT2D eigenvalue weighted by atomic mass is 10.2. The molecule has 1 atom stereocenters. The van der Waals surface area contributed by atoms with E-state index < -0.39 is 21.0 Å². The highest BCUT2D eigenvalue weighted by molar-refractivity contribution is 7.99. The van der Waals surface area contributed by atoms with Gasteiger partial charge in [0.05, 0.1) is 28.0 Å². The predicted molar refractivity (Wildman–Crippen MR) is 118 cm³/mol. The molecule has 0 spiro atoms. The van der Waals surface area contributed by atoms with Crippen LogP contribution in [0.1, 0.15) is 19.8 Å². The lowest BCUT2D eigenvalue weighted by Gasteiger charge is -2.15. The third kappa shape index (κ3) is 5.08. The third-order valence-corrected chi connectivity index (χ3v) is 8.09. The first kappa shape index (κ1) is 22.5. The van der Waals surface area contributed by atoms with Crippen molar-refractivity contribution >= 4 is 56.4 Å². The second-order valence-corrected chi connectivity index (χ2v) is 10.7. The van der Waals surface area contributed by atoms with Crippen LogP contribution < -0.4 is 15.4 Å². The Morgan fingerprint density at radius 2 is 2.07 bits per heavy atom. The third-order valence-electron chi connectivity index (χ3n) is 4.58. The molecule has 160 valence electrons. The summed E-state index contributed by atoms with van der Waals surface area (Å²) in [5.74, 6) is 0.503. The van der Waals surface area contributed by atoms with Gasteiger partial charge in [-0.25, -0.2) is 8.42 Å². The molecule has 3 rings (SSSR count). The number of ether oxygens (including phenoxy) is 1. The SMILES string of the molecule is COc1ccc(NC(=O)CC(C)S(=O)(=O)c2ccc3c(c2)NC(=O)CCS3)cc1Cl. The van der Waals surface area contributed by atoms with E-state index in [1.807, 2.05) is 0 Å². The number of thioether (sulfide) groups is 1. The summed E-state index contributed by atoms with van der Waals surface area (Å²) in [5, 5.41) is 4.76. The topological polar surface area (TPSA) is 102 Å². The molecule has 0 radical (unpaired) electrons. The molecule has 7 nitrogen and oxygen atoms in total. The molecule has 1 aliphatic heterocycles. The van der Waals surface area contributed by atoms with Crippen molar-refractivity contribution in [1.29, 1.82) is 0 Å². The van der Waals surface area contributed by atoms with Crippen molar-refractivity contribution in [2.24, 2.45) is 0 Å². The van der Waals surface area contributed by atoms with Gasteiger partial charge in [-0.15, -0.1) is 11.8 Å². The van der Waals surface area contributed by atoms with E-state index in [0.717, 1.165) is 4.90 Å². The van der Waals surface area contributed by atoms with E-state index in [9.17, 15) is 18.0 Å². The van der Waals surface area contributed by atoms with E-state index in [-0.39, 0.29) is 17.2 Å². The first-order chi connectivity index (χ1) is 14.2. The number of rotatable bonds is 6. The number of fused-ring (bicyclic) bond motifs is 1. The number of sulfone groups is 1. The monoisotopic (exact) mass is 468 g/mol. The van der Waals surface area contributed by atoms with Gasteiger partial charge in [-0.2, -0.15) is 0 Å². The van der Waals surface area contributed by atoms with Crippen LogP contribution in [0.15, 0.2) is 46.2 Å². The van der Waals surface area contributed by atoms with Crippen LogP contribution >= 0.6 is 23.4 Å². The van der Waals surface area contributed by atoms with Gasteiger partial charge in [-0.1, -0.05) is 11.6 Å². The normalized spacial score (nSPS) is 14.8. The Morgan fingerprint density at radius 1 is 1.30 bits per heavy atom. The van der Waals surface area contributed by atoms with Crippen molar-refractivity contribution in [3.63, 3.8) is 0 Å². The Hall–Kier alpha value is -2.23. The van der Waals surface area contributed by atoms with E-state index in [0.29, 0.717) is 34.3 Å². The highest BCUT2D eigenvalue weighted by Gasteiger charge is 2.27. The molecule has 30 heavy (non-hydrogen) atoms. The molecular weight excluding hydrogens is 448 g/mol. The maximum absolute atomic E-state index is 13.0. The number of halogens is 1. The van der Waals surface area contributed by atoms with E-state index >= 15 is 0 Å². The van der Waals surface area contributed by atoms with Crippen molar-refractivity contribution in [2.45, 2.75) is 34.8 Å². The zero-order chi connectivity index (χ0) is 21.9. The van der Waals surface area contributed by atoms with Crippen LogP contribution in [0.25, 0.3) is 0 Å². The summed E-state index contributed by atoms with van der Waals surface area (Å²) in [6.07, 6.45) is 0.136. The lowest BCUT2D eigenvalue weighted by Crippen LogP contribution is -2.25. The van der Waals surface area contributed by atoms with Crippen LogP contribution in [0.2, 0.25) is 5.02 Å². The van der Waals surface area contributed by atoms with Gasteiger partial charge in [0, 0.05) is 29.2 Å². The molecule has 10 heteroatoms. The fraction of sp³-hybridized carbons (Fsp3) is 0.300. The zero-order valence-corrected chi connectivity index (χ0v) is 18.8. The Kier molecular flexibility index (Phi) is 6.95. The molecule has 0 aromatic heterocycles. The predicted octanol–water partition coefficient (Wildman–Crippen LogP) is 3.97. The van der Waals surface area contributed by atoms with Crippen LogP contribution in [0, 0.1) is 0 Å². The van der Waals surface area contributed by atoms with Crippen LogP contribution in [0.4, 0.5) is 11.4 Å². The Labute approximate surface area is 184 Å². The maximum atomic E-state index is 13.0. The molecule has 2 amide bonds. The summed E-state index contributed by atoms with van der Waals surface area (Å²) in [4.78, 5) is 25.0. The van der Waals surface area contributed by atoms with Gasteiger partial charge in [0.2, 0.25) is 11.8 Å². The largest absolute Gasteiger partial charge is 0.495 e. The minimum atomic E-state index is -3.78. The fourth-order valence-corrected chi connectivity index (χ4v) is 5.51. The number of hydrogen-bond acceptors (Lipinski definition) is 6. The van der Waals surface area contributed by atoms with Crippen LogP contribution in [0.3, 0.4) is 0 Å². The van der Waals surface area contributed by atoms with E-state index in [1.165, 1.54) is 44.0 Å². The molecule has 0 saturated heterocycles. The molecule has 0 saturated carbocycles. The quantitative estimate of drug-likeness (QED) is 0.665. The van der Waals surface area contributed by atoms with Crippen LogP contribution in [-0.4, -0.2) is 38.3 Å². The van der Waals surface area contributed by atoms with Gasteiger partial charge in [0.1, 0.15) is 5.75 Å². The minimum Gasteiger partial charge on any atom is -0.495 e. The summed E-state index contributed by atoms with van der Waals surface area (Å²) < 4.78 is 31.0. The number of hydrogen-bond donors (Lipinski definition) is 2. The maximum Gasteiger partial charge on any atom is 0.225 e. The van der Waals surface area contributed by atoms with Crippen molar-refractivity contribution in [1.82, 2.24) is 0 Å². The van der Waals surface area contributed by atoms with Gasteiger partial charge in [-0.3, -0.25) is 9.59 Å². The Morgan fingerprint density at radius 3 is 2.77 bits per heavy atom. The summed E-state index contributed by atoms with van der Waals surface area (Å²) in [5.41, 5.74) is 0.924. The molecule has 1 aliphatic rings. The number of carbonyl (C=O) groups excluding carboxylic acids is 2. The summed E-state index contributed by atoms with van der Waals surface area (Å²) in [7, 11) is -2.29. The minimum absolute atomic E-state index is 0.0665. The highest BCUT2D eigenvalue weighted by atomic mass is 35.5. The Bertz CT molecular complexity index is 1090. The van der Waals surface area contributed by atoms with Crippen molar-refractivity contribution < 1.29 is 22.7 Å². The standard InChI is InChI=1S/C20H21ClN2O5S2/c1-12(9-20(25)22-13-3-5-17(28-2)15(21)10-13)30(26,27)14-4-6-18-16(11-14)23-19(24)7-8-29-18/h3-6,10-12H,7-9H2,1-2H3,(H,22,25)(H,23,24). The average Bonchev–Trinajstić information content (AvgIpc) is 2.87. The Balaban J connectivity index is 1.72. The molecular formula is C20H21ClN2O5S2. The van der Waals surface area contributed by atoms with Crippen molar-refractivity contribution in [3.05, 3.63) is 41.4 Å². The molecule has 0 bridgehead atoms. The van der Waals surface area contributed by atoms with E-state index in [1.54, 1.807) is 18.2 Å². The van der Waals surface area contributed by atoms with Gasteiger partial charge in [0.25, 0.3) is 0 Å². The van der Waals surface area contributed by atoms with Crippen LogP contribution in [-0.2, 0) is 19.4 Å². The fourth-order valence-electron chi connectivity index (χ4n) is 2.94. The van der Waals surface area contributed by atoms with Crippen molar-refractivity contribution in [2.75, 3.05) is 23.5 Å². The number of carbonyl (C=O) groups is 2. The second-order valence-electron chi connectivity index (χ2n) is 6.76. The first-order valence-corrected chi connectivity index (χ1v) is 12.1. The van der Waals surface area contributed by atoms with Gasteiger partial charge in [-0.05, 0) is 43.3 Å². The van der Waals surface area contributed by atoms with Gasteiger partial charge < -0.3 is 15.4 Å². The summed E-state index contributed by atoms with van der Waals surface area (Å²) >= 11 is 7.54. The summed E-state index contributed by atoms with van der Waals surface area (Å²) in [6.45, 7) is 1.48. The van der Waals surface area contributed by atoms with E-state index in [4.69, 9.17) is 16.3 Å². The van der Waals surface area contributed by atoms with E-state index in [2.05, 4.69) is 10.6 Å². The smallest absolute Gasteiger partial charge is 0.225 e. The van der Waals surface area contributed by atoms with Gasteiger partial charge >= 0.3 is 0 Å². The average molecular weight is 469 g/mol. The number of nitrogens with one attached hydrogen (secondary N) is 2. The number of anilines is 2. The lowest BCUT2D eigenvalue weighted by molar-refractivity contribution is -0.116. The number of benzene rings is 2. The van der Waals surface area contributed by atoms with Gasteiger partial charge in [0.15, 0.2) is 9.84 Å². The molecule has 2 aromatic rings. The van der Waals surface area contributed by atoms with Crippen LogP contribution in [0.5, 0.6) is 5.75 Å².